The lowest BCUT2D eigenvalue weighted by atomic mass is 10.1. The zero-order valence-corrected chi connectivity index (χ0v) is 24.5. The zero-order chi connectivity index (χ0) is 30.4. The first-order valence-corrected chi connectivity index (χ1v) is 13.4. The van der Waals surface area contributed by atoms with Crippen molar-refractivity contribution in [1.29, 1.82) is 0 Å². The van der Waals surface area contributed by atoms with Crippen molar-refractivity contribution in [2.45, 2.75) is 6.92 Å². The summed E-state index contributed by atoms with van der Waals surface area (Å²) in [5.74, 6) is 2.24. The van der Waals surface area contributed by atoms with Crippen molar-refractivity contribution in [3.05, 3.63) is 92.8 Å². The minimum Gasteiger partial charge on any atom is -0.496 e. The van der Waals surface area contributed by atoms with E-state index in [0.29, 0.717) is 17.3 Å². The predicted octanol–water partition coefficient (Wildman–Crippen LogP) is 4.15. The Hall–Kier alpha value is -5.65. The van der Waals surface area contributed by atoms with Crippen LogP contribution in [0.1, 0.15) is 11.1 Å². The molecule has 4 heterocycles. The fourth-order valence-electron chi connectivity index (χ4n) is 4.94. The highest BCUT2D eigenvalue weighted by Crippen LogP contribution is 2.35. The molecule has 0 aliphatic carbocycles. The van der Waals surface area contributed by atoms with Crippen LogP contribution in [-0.4, -0.2) is 48.5 Å². The van der Waals surface area contributed by atoms with Crippen molar-refractivity contribution in [3.8, 4) is 34.5 Å². The molecule has 4 aromatic heterocycles. The molecule has 218 valence electrons. The van der Waals surface area contributed by atoms with Gasteiger partial charge in [-0.3, -0.25) is 22.9 Å². The Morgan fingerprint density at radius 1 is 0.837 bits per heavy atom. The second kappa shape index (κ2) is 10.6. The summed E-state index contributed by atoms with van der Waals surface area (Å²) in [6.45, 7) is 1.99. The van der Waals surface area contributed by atoms with Gasteiger partial charge < -0.3 is 14.2 Å². The van der Waals surface area contributed by atoms with Crippen LogP contribution in [0, 0.1) is 6.92 Å². The number of ether oxygens (including phenoxy) is 3. The van der Waals surface area contributed by atoms with E-state index in [4.69, 9.17) is 24.2 Å². The Morgan fingerprint density at radius 3 is 2.40 bits per heavy atom. The maximum Gasteiger partial charge on any atom is 0.332 e. The average Bonchev–Trinajstić information content (AvgIpc) is 3.56. The SMILES string of the molecule is COc1cc(-c2nc3ccccn3c2/N=C/c2ccc(Oc3nc4c(c(=O)n(C)c(=O)n4C)n3C)c(OC)c2)ccc1C. The van der Waals surface area contributed by atoms with Crippen molar-refractivity contribution in [3.63, 3.8) is 0 Å². The van der Waals surface area contributed by atoms with Crippen LogP contribution in [-0.2, 0) is 21.1 Å². The fraction of sp³-hybridized carbons (Fsp3) is 0.194. The quantitative estimate of drug-likeness (QED) is 0.261. The predicted molar refractivity (Wildman–Crippen MR) is 163 cm³/mol. The van der Waals surface area contributed by atoms with Crippen molar-refractivity contribution in [2.75, 3.05) is 14.2 Å². The highest BCUT2D eigenvalue weighted by atomic mass is 16.5. The van der Waals surface area contributed by atoms with E-state index in [1.54, 1.807) is 39.6 Å². The Bertz CT molecular complexity index is 2190. The number of aryl methyl sites for hydroxylation is 3. The Morgan fingerprint density at radius 2 is 1.63 bits per heavy atom. The number of aliphatic imine (C=N–C) groups is 1. The molecule has 0 radical (unpaired) electrons. The summed E-state index contributed by atoms with van der Waals surface area (Å²) < 4.78 is 23.0. The molecule has 0 aliphatic heterocycles. The largest absolute Gasteiger partial charge is 0.496 e. The van der Waals surface area contributed by atoms with Crippen molar-refractivity contribution >= 4 is 28.8 Å². The zero-order valence-electron chi connectivity index (χ0n) is 24.5. The lowest BCUT2D eigenvalue weighted by Crippen LogP contribution is -2.37. The second-order valence-corrected chi connectivity index (χ2v) is 10.00. The van der Waals surface area contributed by atoms with E-state index in [1.807, 2.05) is 60.0 Å². The summed E-state index contributed by atoms with van der Waals surface area (Å²) in [4.78, 5) is 39.2. The molecule has 0 saturated heterocycles. The molecule has 43 heavy (non-hydrogen) atoms. The van der Waals surface area contributed by atoms with Crippen molar-refractivity contribution < 1.29 is 14.2 Å². The molecule has 12 heteroatoms. The summed E-state index contributed by atoms with van der Waals surface area (Å²) >= 11 is 0. The van der Waals surface area contributed by atoms with Crippen molar-refractivity contribution in [1.82, 2.24) is 28.1 Å². The average molecular weight is 580 g/mol. The van der Waals surface area contributed by atoms with Gasteiger partial charge in [0.1, 0.15) is 17.1 Å². The van der Waals surface area contributed by atoms with E-state index in [9.17, 15) is 9.59 Å². The van der Waals surface area contributed by atoms with Crippen LogP contribution in [0.2, 0.25) is 0 Å². The summed E-state index contributed by atoms with van der Waals surface area (Å²) in [5, 5.41) is 0. The van der Waals surface area contributed by atoms with E-state index in [1.165, 1.54) is 23.3 Å². The normalized spacial score (nSPS) is 11.6. The van der Waals surface area contributed by atoms with E-state index in [2.05, 4.69) is 4.98 Å². The highest BCUT2D eigenvalue weighted by Gasteiger charge is 2.20. The van der Waals surface area contributed by atoms with Gasteiger partial charge in [-0.2, -0.15) is 4.98 Å². The van der Waals surface area contributed by atoms with Crippen LogP contribution in [0.4, 0.5) is 5.82 Å². The van der Waals surface area contributed by atoms with Gasteiger partial charge in [-0.25, -0.2) is 14.8 Å². The summed E-state index contributed by atoms with van der Waals surface area (Å²) in [6, 6.07) is 17.2. The molecule has 0 unspecified atom stereocenters. The summed E-state index contributed by atoms with van der Waals surface area (Å²) in [7, 11) is 7.82. The van der Waals surface area contributed by atoms with Gasteiger partial charge in [-0.05, 0) is 54.4 Å². The minimum absolute atomic E-state index is 0.136. The van der Waals surface area contributed by atoms with Crippen LogP contribution in [0.5, 0.6) is 23.3 Å². The van der Waals surface area contributed by atoms with Gasteiger partial charge in [-0.1, -0.05) is 18.2 Å². The standard InChI is InChI=1S/C31H29N7O5/c1-18-10-12-20(16-22(18)41-5)25-27(38-14-8-7-9-24(38)33-25)32-17-19-11-13-21(23(15-19)42-6)43-30-34-28-26(35(30)2)29(39)37(4)31(40)36(28)3/h7-17H,1-6H3/b32-17+. The van der Waals surface area contributed by atoms with E-state index < -0.39 is 11.2 Å². The molecule has 0 N–H and O–H groups in total. The lowest BCUT2D eigenvalue weighted by molar-refractivity contribution is 0.363. The number of methoxy groups -OCH3 is 2. The first-order chi connectivity index (χ1) is 20.7. The molecule has 0 spiro atoms. The number of pyridine rings is 1. The lowest BCUT2D eigenvalue weighted by Gasteiger charge is -2.10. The third-order valence-electron chi connectivity index (χ3n) is 7.35. The maximum absolute atomic E-state index is 12.7. The smallest absolute Gasteiger partial charge is 0.332 e. The number of fused-ring (bicyclic) bond motifs is 2. The van der Waals surface area contributed by atoms with Gasteiger partial charge in [0.05, 0.1) is 14.2 Å². The van der Waals surface area contributed by atoms with Crippen LogP contribution >= 0.6 is 0 Å². The second-order valence-electron chi connectivity index (χ2n) is 10.00. The van der Waals surface area contributed by atoms with Gasteiger partial charge in [0.15, 0.2) is 28.5 Å². The number of hydrogen-bond acceptors (Lipinski definition) is 8. The molecule has 0 fully saturated rings. The van der Waals surface area contributed by atoms with Crippen molar-refractivity contribution in [2.24, 2.45) is 26.1 Å². The third-order valence-corrected chi connectivity index (χ3v) is 7.35. The number of benzene rings is 2. The molecule has 0 atom stereocenters. The Kier molecular flexibility index (Phi) is 6.81. The van der Waals surface area contributed by atoms with Gasteiger partial charge in [0, 0.05) is 39.1 Å². The van der Waals surface area contributed by atoms with E-state index in [-0.39, 0.29) is 17.2 Å². The van der Waals surface area contributed by atoms with Gasteiger partial charge in [0.25, 0.3) is 5.56 Å². The topological polar surface area (TPSA) is 119 Å². The highest BCUT2D eigenvalue weighted by molar-refractivity contribution is 5.86. The van der Waals surface area contributed by atoms with Crippen LogP contribution in [0.15, 0.2) is 75.4 Å². The van der Waals surface area contributed by atoms with Crippen LogP contribution in [0.3, 0.4) is 0 Å². The molecule has 2 aromatic carbocycles. The molecular formula is C31H29N7O5. The molecule has 0 amide bonds. The number of rotatable bonds is 7. The number of imidazole rings is 2. The first kappa shape index (κ1) is 27.5. The summed E-state index contributed by atoms with van der Waals surface area (Å²) in [6.07, 6.45) is 3.65. The molecule has 0 saturated carbocycles. The van der Waals surface area contributed by atoms with E-state index >= 15 is 0 Å². The van der Waals surface area contributed by atoms with Crippen LogP contribution < -0.4 is 25.5 Å². The number of nitrogens with zero attached hydrogens (tertiary/aromatic N) is 7. The van der Waals surface area contributed by atoms with Crippen LogP contribution in [0.25, 0.3) is 28.1 Å². The first-order valence-electron chi connectivity index (χ1n) is 13.4. The molecule has 0 aliphatic rings. The van der Waals surface area contributed by atoms with Gasteiger partial charge in [0.2, 0.25) is 0 Å². The molecular weight excluding hydrogens is 550 g/mol. The Balaban J connectivity index is 1.37. The number of hydrogen-bond donors (Lipinski definition) is 0. The molecule has 6 rings (SSSR count). The third kappa shape index (κ3) is 4.62. The van der Waals surface area contributed by atoms with Gasteiger partial charge in [-0.15, -0.1) is 0 Å². The van der Waals surface area contributed by atoms with Gasteiger partial charge >= 0.3 is 11.7 Å². The Labute approximate surface area is 245 Å². The molecule has 0 bridgehead atoms. The number of aromatic nitrogens is 6. The minimum atomic E-state index is -0.473. The maximum atomic E-state index is 12.7. The van der Waals surface area contributed by atoms with E-state index in [0.717, 1.165) is 38.3 Å². The molecule has 6 aromatic rings. The summed E-state index contributed by atoms with van der Waals surface area (Å²) in [5.41, 5.74) is 3.69. The monoisotopic (exact) mass is 579 g/mol. The fourth-order valence-corrected chi connectivity index (χ4v) is 4.94. The molecule has 12 nitrogen and oxygen atoms in total.